The van der Waals surface area contributed by atoms with Crippen LogP contribution < -0.4 is 5.73 Å². The molecule has 0 fully saturated rings. The molecule has 0 aromatic heterocycles. The Morgan fingerprint density at radius 2 is 1.71 bits per heavy atom. The molecule has 1 aromatic carbocycles. The van der Waals surface area contributed by atoms with Gasteiger partial charge in [-0.25, -0.2) is 0 Å². The van der Waals surface area contributed by atoms with Crippen LogP contribution in [0.3, 0.4) is 0 Å². The standard InChI is InChI=1S/C11H15Cl2N/c1-7(2)8(6-14)11-9(12)4-3-5-10(11)13/h3-5,7-8H,6,14H2,1-2H3. The highest BCUT2D eigenvalue weighted by atomic mass is 35.5. The fourth-order valence-electron chi connectivity index (χ4n) is 1.59. The Kier molecular flexibility index (Phi) is 4.24. The van der Waals surface area contributed by atoms with Crippen LogP contribution in [0.1, 0.15) is 25.3 Å². The minimum absolute atomic E-state index is 0.233. The first-order valence-corrected chi connectivity index (χ1v) is 5.47. The van der Waals surface area contributed by atoms with Crippen molar-refractivity contribution in [3.63, 3.8) is 0 Å². The second-order valence-corrected chi connectivity index (χ2v) is 4.54. The second kappa shape index (κ2) is 5.01. The molecule has 0 aliphatic heterocycles. The van der Waals surface area contributed by atoms with Crippen LogP contribution in [0.4, 0.5) is 0 Å². The molecule has 2 N–H and O–H groups in total. The molecule has 1 unspecified atom stereocenters. The Morgan fingerprint density at radius 3 is 2.07 bits per heavy atom. The smallest absolute Gasteiger partial charge is 0.0456 e. The number of rotatable bonds is 3. The third-order valence-electron chi connectivity index (χ3n) is 2.43. The summed E-state index contributed by atoms with van der Waals surface area (Å²) in [5.41, 5.74) is 6.71. The molecule has 0 heterocycles. The average Bonchev–Trinajstić information content (AvgIpc) is 2.10. The van der Waals surface area contributed by atoms with Crippen molar-refractivity contribution in [3.05, 3.63) is 33.8 Å². The quantitative estimate of drug-likeness (QED) is 0.844. The number of halogens is 2. The molecule has 0 saturated carbocycles. The van der Waals surface area contributed by atoms with E-state index in [2.05, 4.69) is 13.8 Å². The van der Waals surface area contributed by atoms with E-state index in [1.54, 1.807) is 0 Å². The number of benzene rings is 1. The van der Waals surface area contributed by atoms with Gasteiger partial charge in [-0.15, -0.1) is 0 Å². The van der Waals surface area contributed by atoms with Gasteiger partial charge in [-0.05, 0) is 30.2 Å². The van der Waals surface area contributed by atoms with Crippen molar-refractivity contribution in [2.75, 3.05) is 6.54 Å². The van der Waals surface area contributed by atoms with Crippen LogP contribution in [-0.2, 0) is 0 Å². The van der Waals surface area contributed by atoms with Crippen molar-refractivity contribution >= 4 is 23.2 Å². The molecular weight excluding hydrogens is 217 g/mol. The summed E-state index contributed by atoms with van der Waals surface area (Å²) in [5.74, 6) is 0.675. The fraction of sp³-hybridized carbons (Fsp3) is 0.455. The summed E-state index contributed by atoms with van der Waals surface area (Å²) in [4.78, 5) is 0. The van der Waals surface area contributed by atoms with Crippen molar-refractivity contribution in [2.45, 2.75) is 19.8 Å². The molecule has 0 aliphatic rings. The van der Waals surface area contributed by atoms with E-state index in [9.17, 15) is 0 Å². The highest BCUT2D eigenvalue weighted by Crippen LogP contribution is 2.34. The predicted octanol–water partition coefficient (Wildman–Crippen LogP) is 3.69. The lowest BCUT2D eigenvalue weighted by Gasteiger charge is -2.21. The zero-order valence-electron chi connectivity index (χ0n) is 8.43. The van der Waals surface area contributed by atoms with E-state index in [0.717, 1.165) is 5.56 Å². The van der Waals surface area contributed by atoms with Gasteiger partial charge >= 0.3 is 0 Å². The van der Waals surface area contributed by atoms with Crippen LogP contribution in [0.15, 0.2) is 18.2 Å². The van der Waals surface area contributed by atoms with E-state index in [0.29, 0.717) is 22.5 Å². The third-order valence-corrected chi connectivity index (χ3v) is 3.09. The Balaban J connectivity index is 3.15. The van der Waals surface area contributed by atoms with Crippen molar-refractivity contribution in [1.29, 1.82) is 0 Å². The molecule has 0 amide bonds. The number of nitrogens with two attached hydrogens (primary N) is 1. The van der Waals surface area contributed by atoms with Gasteiger partial charge in [0.15, 0.2) is 0 Å². The molecule has 14 heavy (non-hydrogen) atoms. The minimum atomic E-state index is 0.233. The minimum Gasteiger partial charge on any atom is -0.330 e. The second-order valence-electron chi connectivity index (χ2n) is 3.72. The largest absolute Gasteiger partial charge is 0.330 e. The van der Waals surface area contributed by atoms with Crippen molar-refractivity contribution in [2.24, 2.45) is 11.7 Å². The van der Waals surface area contributed by atoms with Gasteiger partial charge in [-0.2, -0.15) is 0 Å². The van der Waals surface area contributed by atoms with E-state index in [1.807, 2.05) is 18.2 Å². The summed E-state index contributed by atoms with van der Waals surface area (Å²) in [5, 5.41) is 1.42. The first-order chi connectivity index (χ1) is 6.57. The summed E-state index contributed by atoms with van der Waals surface area (Å²) in [6.07, 6.45) is 0. The molecule has 1 rings (SSSR count). The van der Waals surface area contributed by atoms with Gasteiger partial charge in [0.05, 0.1) is 0 Å². The van der Waals surface area contributed by atoms with Gasteiger partial charge in [0.2, 0.25) is 0 Å². The number of hydrogen-bond donors (Lipinski definition) is 1. The Hall–Kier alpha value is -0.240. The van der Waals surface area contributed by atoms with Crippen LogP contribution in [-0.4, -0.2) is 6.54 Å². The van der Waals surface area contributed by atoms with E-state index in [1.165, 1.54) is 0 Å². The Labute approximate surface area is 95.2 Å². The maximum absolute atomic E-state index is 6.11. The summed E-state index contributed by atoms with van der Waals surface area (Å²) in [6, 6.07) is 5.56. The van der Waals surface area contributed by atoms with Crippen molar-refractivity contribution in [1.82, 2.24) is 0 Å². The SMILES string of the molecule is CC(C)C(CN)c1c(Cl)cccc1Cl. The summed E-state index contributed by atoms with van der Waals surface area (Å²) >= 11 is 12.2. The number of hydrogen-bond acceptors (Lipinski definition) is 1. The Bertz CT molecular complexity index is 290. The van der Waals surface area contributed by atoms with Gasteiger partial charge in [-0.1, -0.05) is 43.1 Å². The molecule has 1 aromatic rings. The molecule has 1 nitrogen and oxygen atoms in total. The van der Waals surface area contributed by atoms with Crippen LogP contribution in [0.2, 0.25) is 10.0 Å². The van der Waals surface area contributed by atoms with Gasteiger partial charge in [0.1, 0.15) is 0 Å². The molecule has 3 heteroatoms. The monoisotopic (exact) mass is 231 g/mol. The Morgan fingerprint density at radius 1 is 1.21 bits per heavy atom. The lowest BCUT2D eigenvalue weighted by molar-refractivity contribution is 0.506. The van der Waals surface area contributed by atoms with Crippen molar-refractivity contribution in [3.8, 4) is 0 Å². The summed E-state index contributed by atoms with van der Waals surface area (Å²) < 4.78 is 0. The highest BCUT2D eigenvalue weighted by Gasteiger charge is 2.19. The van der Waals surface area contributed by atoms with E-state index in [4.69, 9.17) is 28.9 Å². The summed E-state index contributed by atoms with van der Waals surface area (Å²) in [6.45, 7) is 4.81. The third kappa shape index (κ3) is 2.41. The molecule has 0 spiro atoms. The molecule has 1 atom stereocenters. The lowest BCUT2D eigenvalue weighted by Crippen LogP contribution is -2.18. The molecule has 0 saturated heterocycles. The maximum Gasteiger partial charge on any atom is 0.0456 e. The molecular formula is C11H15Cl2N. The maximum atomic E-state index is 6.11. The molecule has 0 bridgehead atoms. The van der Waals surface area contributed by atoms with Gasteiger partial charge < -0.3 is 5.73 Å². The molecule has 0 aliphatic carbocycles. The van der Waals surface area contributed by atoms with E-state index in [-0.39, 0.29) is 5.92 Å². The zero-order chi connectivity index (χ0) is 10.7. The van der Waals surface area contributed by atoms with E-state index < -0.39 is 0 Å². The first kappa shape index (κ1) is 11.8. The van der Waals surface area contributed by atoms with Gasteiger partial charge in [0, 0.05) is 16.0 Å². The van der Waals surface area contributed by atoms with E-state index >= 15 is 0 Å². The highest BCUT2D eigenvalue weighted by molar-refractivity contribution is 6.36. The first-order valence-electron chi connectivity index (χ1n) is 4.72. The van der Waals surface area contributed by atoms with Gasteiger partial charge in [0.25, 0.3) is 0 Å². The van der Waals surface area contributed by atoms with Crippen molar-refractivity contribution < 1.29 is 0 Å². The van der Waals surface area contributed by atoms with Crippen LogP contribution in [0.25, 0.3) is 0 Å². The molecule has 0 radical (unpaired) electrons. The predicted molar refractivity (Wildman–Crippen MR) is 63.1 cm³/mol. The normalized spacial score (nSPS) is 13.3. The van der Waals surface area contributed by atoms with Crippen LogP contribution in [0.5, 0.6) is 0 Å². The van der Waals surface area contributed by atoms with Crippen LogP contribution in [0, 0.1) is 5.92 Å². The lowest BCUT2D eigenvalue weighted by atomic mass is 9.88. The van der Waals surface area contributed by atoms with Gasteiger partial charge in [-0.3, -0.25) is 0 Å². The topological polar surface area (TPSA) is 26.0 Å². The average molecular weight is 232 g/mol. The zero-order valence-corrected chi connectivity index (χ0v) is 9.94. The fourth-order valence-corrected chi connectivity index (χ4v) is 2.27. The van der Waals surface area contributed by atoms with Crippen LogP contribution >= 0.6 is 23.2 Å². The molecule has 78 valence electrons. The summed E-state index contributed by atoms with van der Waals surface area (Å²) in [7, 11) is 0.